The second kappa shape index (κ2) is 11.9. The van der Waals surface area contributed by atoms with Gasteiger partial charge in [-0.2, -0.15) is 0 Å². The topological polar surface area (TPSA) is 72.7 Å². The van der Waals surface area contributed by atoms with Crippen LogP contribution >= 0.6 is 11.3 Å². The number of nitrogens with zero attached hydrogens (tertiary/aromatic N) is 4. The molecule has 0 radical (unpaired) electrons. The number of aromatic nitrogens is 4. The zero-order chi connectivity index (χ0) is 22.9. The van der Waals surface area contributed by atoms with Gasteiger partial charge in [0.1, 0.15) is 10.7 Å². The van der Waals surface area contributed by atoms with Crippen LogP contribution in [-0.2, 0) is 6.54 Å². The molecular formula is C25H35N5OS. The Balaban J connectivity index is 1.85. The highest BCUT2D eigenvalue weighted by atomic mass is 32.1. The molecule has 0 saturated carbocycles. The molecule has 0 aromatic carbocycles. The number of thiazole rings is 1. The first-order valence-electron chi connectivity index (χ1n) is 11.8. The van der Waals surface area contributed by atoms with Crippen LogP contribution in [0.1, 0.15) is 75.3 Å². The Morgan fingerprint density at radius 1 is 1.16 bits per heavy atom. The highest BCUT2D eigenvalue weighted by Crippen LogP contribution is 2.31. The molecule has 32 heavy (non-hydrogen) atoms. The summed E-state index contributed by atoms with van der Waals surface area (Å²) in [4.78, 5) is 26.4. The van der Waals surface area contributed by atoms with Gasteiger partial charge in [-0.05, 0) is 31.7 Å². The van der Waals surface area contributed by atoms with Gasteiger partial charge in [-0.15, -0.1) is 11.3 Å². The van der Waals surface area contributed by atoms with Crippen molar-refractivity contribution in [3.05, 3.63) is 41.3 Å². The van der Waals surface area contributed by atoms with E-state index in [2.05, 4.69) is 40.6 Å². The van der Waals surface area contributed by atoms with Crippen molar-refractivity contribution in [2.75, 3.05) is 6.54 Å². The summed E-state index contributed by atoms with van der Waals surface area (Å²) in [6, 6.07) is 2.00. The van der Waals surface area contributed by atoms with E-state index in [9.17, 15) is 4.79 Å². The minimum absolute atomic E-state index is 0.0123. The molecule has 7 heteroatoms. The van der Waals surface area contributed by atoms with Crippen molar-refractivity contribution < 1.29 is 4.79 Å². The predicted octanol–water partition coefficient (Wildman–Crippen LogP) is 6.12. The predicted molar refractivity (Wildman–Crippen MR) is 132 cm³/mol. The molecule has 0 aliphatic carbocycles. The second-order valence-corrected chi connectivity index (χ2v) is 9.15. The lowest BCUT2D eigenvalue weighted by Gasteiger charge is -2.15. The maximum absolute atomic E-state index is 13.1. The molecule has 0 bridgehead atoms. The van der Waals surface area contributed by atoms with Crippen molar-refractivity contribution in [3.8, 4) is 22.1 Å². The van der Waals surface area contributed by atoms with Gasteiger partial charge < -0.3 is 9.88 Å². The van der Waals surface area contributed by atoms with Gasteiger partial charge in [0.2, 0.25) is 0 Å². The van der Waals surface area contributed by atoms with Crippen LogP contribution in [0.3, 0.4) is 0 Å². The maximum atomic E-state index is 13.1. The summed E-state index contributed by atoms with van der Waals surface area (Å²) in [7, 11) is 0. The summed E-state index contributed by atoms with van der Waals surface area (Å²) in [6.45, 7) is 10.2. The summed E-state index contributed by atoms with van der Waals surface area (Å²) < 4.78 is 2.24. The van der Waals surface area contributed by atoms with Crippen molar-refractivity contribution in [2.45, 2.75) is 72.8 Å². The number of hydrogen-bond donors (Lipinski definition) is 1. The number of carbonyl (C=O) groups is 1. The Kier molecular flexibility index (Phi) is 8.97. The lowest BCUT2D eigenvalue weighted by molar-refractivity contribution is 0.0945. The quantitative estimate of drug-likeness (QED) is 0.358. The molecule has 172 valence electrons. The van der Waals surface area contributed by atoms with Crippen molar-refractivity contribution in [2.24, 2.45) is 5.92 Å². The van der Waals surface area contributed by atoms with Crippen LogP contribution in [-0.4, -0.2) is 32.0 Å². The fourth-order valence-electron chi connectivity index (χ4n) is 3.89. The van der Waals surface area contributed by atoms with Crippen molar-refractivity contribution in [1.29, 1.82) is 0 Å². The summed E-state index contributed by atoms with van der Waals surface area (Å²) in [6.07, 6.45) is 11.9. The van der Waals surface area contributed by atoms with Crippen molar-refractivity contribution >= 4 is 17.2 Å². The molecule has 0 spiro atoms. The molecule has 1 unspecified atom stereocenters. The number of unbranched alkanes of at least 4 members (excludes halogenated alkanes) is 2. The van der Waals surface area contributed by atoms with E-state index in [-0.39, 0.29) is 5.91 Å². The van der Waals surface area contributed by atoms with Crippen molar-refractivity contribution in [3.63, 3.8) is 0 Å². The standard InChI is InChI=1S/C25H35N5OS/c1-5-8-10-19(7-3)15-28-24(31)20-14-23(30(18(20)4)13-9-6-2)22-17-32-25(29-22)21-16-26-11-12-27-21/h11-12,14,16-17,19H,5-10,13,15H2,1-4H3,(H,28,31). The number of rotatable bonds is 12. The highest BCUT2D eigenvalue weighted by molar-refractivity contribution is 7.13. The van der Waals surface area contributed by atoms with Crippen LogP contribution in [0.4, 0.5) is 0 Å². The lowest BCUT2D eigenvalue weighted by atomic mass is 9.99. The molecule has 1 amide bonds. The number of amides is 1. The molecule has 0 aliphatic rings. The highest BCUT2D eigenvalue weighted by Gasteiger charge is 2.21. The summed E-state index contributed by atoms with van der Waals surface area (Å²) in [5.74, 6) is 0.548. The summed E-state index contributed by atoms with van der Waals surface area (Å²) >= 11 is 1.55. The van der Waals surface area contributed by atoms with Gasteiger partial charge in [-0.25, -0.2) is 4.98 Å². The third kappa shape index (κ3) is 5.82. The van der Waals surface area contributed by atoms with Crippen LogP contribution in [0.15, 0.2) is 30.0 Å². The van der Waals surface area contributed by atoms with Gasteiger partial charge in [-0.1, -0.05) is 46.5 Å². The molecular weight excluding hydrogens is 418 g/mol. The van der Waals surface area contributed by atoms with E-state index in [1.165, 1.54) is 19.3 Å². The van der Waals surface area contributed by atoms with Crippen molar-refractivity contribution in [1.82, 2.24) is 24.8 Å². The second-order valence-electron chi connectivity index (χ2n) is 8.29. The van der Waals surface area contributed by atoms with E-state index >= 15 is 0 Å². The molecule has 1 N–H and O–H groups in total. The SMILES string of the molecule is CCCCC(CC)CNC(=O)c1cc(-c2csc(-c3cnccn3)n2)n(CCCC)c1C. The van der Waals surface area contributed by atoms with Crippen LogP contribution < -0.4 is 5.32 Å². The van der Waals surface area contributed by atoms with E-state index in [1.54, 1.807) is 29.9 Å². The minimum atomic E-state index is 0.0123. The third-order valence-corrected chi connectivity index (χ3v) is 6.85. The van der Waals surface area contributed by atoms with Crippen LogP contribution in [0.2, 0.25) is 0 Å². The zero-order valence-electron chi connectivity index (χ0n) is 19.7. The van der Waals surface area contributed by atoms with E-state index in [0.29, 0.717) is 5.92 Å². The van der Waals surface area contributed by atoms with E-state index in [1.807, 2.05) is 18.4 Å². The molecule has 0 aliphatic heterocycles. The fraction of sp³-hybridized carbons (Fsp3) is 0.520. The van der Waals surface area contributed by atoms with Crippen LogP contribution in [0.5, 0.6) is 0 Å². The maximum Gasteiger partial charge on any atom is 0.253 e. The number of carbonyl (C=O) groups excluding carboxylic acids is 1. The van der Waals surface area contributed by atoms with E-state index in [0.717, 1.165) is 65.7 Å². The largest absolute Gasteiger partial charge is 0.352 e. The van der Waals surface area contributed by atoms with E-state index < -0.39 is 0 Å². The Bertz CT molecular complexity index is 995. The Morgan fingerprint density at radius 2 is 1.97 bits per heavy atom. The average molecular weight is 454 g/mol. The van der Waals surface area contributed by atoms with Gasteiger partial charge >= 0.3 is 0 Å². The molecule has 1 atom stereocenters. The first kappa shape index (κ1) is 24.1. The van der Waals surface area contributed by atoms with Gasteiger partial charge in [0.15, 0.2) is 0 Å². The average Bonchev–Trinajstić information content (AvgIpc) is 3.43. The van der Waals surface area contributed by atoms with Gasteiger partial charge in [0, 0.05) is 36.6 Å². The van der Waals surface area contributed by atoms with E-state index in [4.69, 9.17) is 4.98 Å². The molecule has 3 heterocycles. The fourth-order valence-corrected chi connectivity index (χ4v) is 4.66. The monoisotopic (exact) mass is 453 g/mol. The number of nitrogens with one attached hydrogen (secondary N) is 1. The first-order valence-corrected chi connectivity index (χ1v) is 12.7. The smallest absolute Gasteiger partial charge is 0.253 e. The van der Waals surface area contributed by atoms with Gasteiger partial charge in [0.25, 0.3) is 5.91 Å². The Morgan fingerprint density at radius 3 is 2.66 bits per heavy atom. The molecule has 6 nitrogen and oxygen atoms in total. The minimum Gasteiger partial charge on any atom is -0.352 e. The summed E-state index contributed by atoms with van der Waals surface area (Å²) in [5, 5.41) is 6.07. The molecule has 0 fully saturated rings. The first-order chi connectivity index (χ1) is 15.6. The molecule has 3 aromatic heterocycles. The molecule has 0 saturated heterocycles. The normalized spacial score (nSPS) is 12.1. The zero-order valence-corrected chi connectivity index (χ0v) is 20.5. The van der Waals surface area contributed by atoms with Crippen LogP contribution in [0.25, 0.3) is 22.1 Å². The van der Waals surface area contributed by atoms with Crippen LogP contribution in [0, 0.1) is 12.8 Å². The molecule has 3 rings (SSSR count). The Labute approximate surface area is 195 Å². The summed E-state index contributed by atoms with van der Waals surface area (Å²) in [5.41, 5.74) is 4.38. The lowest BCUT2D eigenvalue weighted by Crippen LogP contribution is -2.29. The third-order valence-electron chi connectivity index (χ3n) is 5.99. The Hall–Kier alpha value is -2.54. The van der Waals surface area contributed by atoms with Gasteiger partial charge in [0.05, 0.1) is 23.1 Å². The van der Waals surface area contributed by atoms with Gasteiger partial charge in [-0.3, -0.25) is 14.8 Å². The molecule has 3 aromatic rings. The number of hydrogen-bond acceptors (Lipinski definition) is 5.